The van der Waals surface area contributed by atoms with Crippen LogP contribution in [-0.2, 0) is 0 Å². The average Bonchev–Trinajstić information content (AvgIpc) is 2.64. The molecule has 3 nitrogen and oxygen atoms in total. The van der Waals surface area contributed by atoms with Crippen LogP contribution in [0.15, 0.2) is 6.07 Å². The van der Waals surface area contributed by atoms with Crippen LogP contribution >= 0.6 is 0 Å². The van der Waals surface area contributed by atoms with Crippen LogP contribution in [-0.4, -0.2) is 16.3 Å². The van der Waals surface area contributed by atoms with Gasteiger partial charge >= 0.3 is 0 Å². The first-order valence-corrected chi connectivity index (χ1v) is 8.39. The average molecular weight is 275 g/mol. The highest BCUT2D eigenvalue weighted by Crippen LogP contribution is 2.40. The van der Waals surface area contributed by atoms with Gasteiger partial charge in [0.15, 0.2) is 0 Å². The summed E-state index contributed by atoms with van der Waals surface area (Å²) in [4.78, 5) is 0. The van der Waals surface area contributed by atoms with Crippen LogP contribution in [0.25, 0.3) is 0 Å². The van der Waals surface area contributed by atoms with E-state index in [1.165, 1.54) is 56.5 Å². The highest BCUT2D eigenvalue weighted by atomic mass is 15.4. The molecular weight excluding hydrogens is 246 g/mol. The van der Waals surface area contributed by atoms with Gasteiger partial charge in [0, 0.05) is 18.5 Å². The molecule has 0 radical (unpaired) electrons. The first-order valence-electron chi connectivity index (χ1n) is 8.39. The van der Waals surface area contributed by atoms with E-state index in [2.05, 4.69) is 36.8 Å². The fraction of sp³-hybridized carbons (Fsp3) is 0.824. The molecule has 1 aliphatic carbocycles. The molecule has 2 aliphatic rings. The number of fused-ring (bicyclic) bond motifs is 1. The van der Waals surface area contributed by atoms with Crippen LogP contribution in [0.3, 0.4) is 0 Å². The van der Waals surface area contributed by atoms with Gasteiger partial charge in [0.1, 0.15) is 5.82 Å². The highest BCUT2D eigenvalue weighted by Gasteiger charge is 2.32. The second-order valence-electron chi connectivity index (χ2n) is 7.68. The molecule has 0 saturated heterocycles. The number of rotatable bonds is 1. The Morgan fingerprint density at radius 3 is 2.45 bits per heavy atom. The van der Waals surface area contributed by atoms with Gasteiger partial charge in [-0.3, -0.25) is 0 Å². The maximum atomic E-state index is 5.02. The van der Waals surface area contributed by atoms with Crippen molar-refractivity contribution in [1.29, 1.82) is 0 Å². The Hall–Kier alpha value is -0.990. The van der Waals surface area contributed by atoms with E-state index in [1.807, 2.05) is 0 Å². The first-order chi connectivity index (χ1) is 9.55. The van der Waals surface area contributed by atoms with Gasteiger partial charge < -0.3 is 5.32 Å². The maximum absolute atomic E-state index is 5.02. The fourth-order valence-corrected chi connectivity index (χ4v) is 3.82. The lowest BCUT2D eigenvalue weighted by Crippen LogP contribution is -2.32. The molecule has 0 amide bonds. The van der Waals surface area contributed by atoms with Crippen molar-refractivity contribution in [1.82, 2.24) is 9.78 Å². The van der Waals surface area contributed by atoms with Gasteiger partial charge in [-0.2, -0.15) is 5.10 Å². The van der Waals surface area contributed by atoms with Gasteiger partial charge in [0.25, 0.3) is 0 Å². The van der Waals surface area contributed by atoms with E-state index >= 15 is 0 Å². The Morgan fingerprint density at radius 2 is 1.80 bits per heavy atom. The minimum atomic E-state index is 0.281. The van der Waals surface area contributed by atoms with Gasteiger partial charge in [-0.1, -0.05) is 46.5 Å². The van der Waals surface area contributed by atoms with Crippen molar-refractivity contribution < 1.29 is 0 Å². The van der Waals surface area contributed by atoms with Crippen molar-refractivity contribution >= 4 is 5.82 Å². The van der Waals surface area contributed by atoms with E-state index in [4.69, 9.17) is 5.10 Å². The number of hydrogen-bond acceptors (Lipinski definition) is 2. The molecule has 0 bridgehead atoms. The molecule has 1 aromatic rings. The zero-order valence-corrected chi connectivity index (χ0v) is 13.3. The molecule has 2 heterocycles. The SMILES string of the molecule is CC(C)(C)C1CCNc2cc(C3CCCCCC3)nn21. The summed E-state index contributed by atoms with van der Waals surface area (Å²) in [5, 5.41) is 8.56. The zero-order valence-electron chi connectivity index (χ0n) is 13.3. The lowest BCUT2D eigenvalue weighted by molar-refractivity contribution is 0.209. The van der Waals surface area contributed by atoms with Crippen molar-refractivity contribution in [2.24, 2.45) is 5.41 Å². The molecule has 3 heteroatoms. The number of anilines is 1. The zero-order chi connectivity index (χ0) is 14.2. The Balaban J connectivity index is 1.87. The van der Waals surface area contributed by atoms with Gasteiger partial charge in [-0.25, -0.2) is 4.68 Å². The molecule has 1 aliphatic heterocycles. The quantitative estimate of drug-likeness (QED) is 0.751. The third kappa shape index (κ3) is 2.72. The van der Waals surface area contributed by atoms with Crippen LogP contribution in [0.2, 0.25) is 0 Å². The molecule has 1 N–H and O–H groups in total. The standard InChI is InChI=1S/C17H29N3/c1-17(2,3)15-10-11-18-16-12-14(19-20(15)16)13-8-6-4-5-7-9-13/h12-13,15,18H,4-11H2,1-3H3. The van der Waals surface area contributed by atoms with Crippen LogP contribution in [0, 0.1) is 5.41 Å². The molecule has 112 valence electrons. The summed E-state index contributed by atoms with van der Waals surface area (Å²) >= 11 is 0. The summed E-state index contributed by atoms with van der Waals surface area (Å²) in [5.41, 5.74) is 1.62. The summed E-state index contributed by atoms with van der Waals surface area (Å²) < 4.78 is 2.28. The molecule has 1 atom stereocenters. The predicted molar refractivity (Wildman–Crippen MR) is 84.3 cm³/mol. The van der Waals surface area contributed by atoms with E-state index in [1.54, 1.807) is 0 Å². The van der Waals surface area contributed by atoms with E-state index in [-0.39, 0.29) is 5.41 Å². The van der Waals surface area contributed by atoms with E-state index in [9.17, 15) is 0 Å². The van der Waals surface area contributed by atoms with Gasteiger partial charge in [-0.05, 0) is 24.7 Å². The molecule has 0 spiro atoms. The number of nitrogens with zero attached hydrogens (tertiary/aromatic N) is 2. The lowest BCUT2D eigenvalue weighted by Gasteiger charge is -2.35. The van der Waals surface area contributed by atoms with Crippen molar-refractivity contribution in [2.45, 2.75) is 77.7 Å². The maximum Gasteiger partial charge on any atom is 0.124 e. The second kappa shape index (κ2) is 5.42. The minimum absolute atomic E-state index is 0.281. The van der Waals surface area contributed by atoms with Gasteiger partial charge in [-0.15, -0.1) is 0 Å². The van der Waals surface area contributed by atoms with Gasteiger partial charge in [0.05, 0.1) is 11.7 Å². The van der Waals surface area contributed by atoms with E-state index < -0.39 is 0 Å². The smallest absolute Gasteiger partial charge is 0.124 e. The van der Waals surface area contributed by atoms with Crippen molar-refractivity contribution in [3.63, 3.8) is 0 Å². The highest BCUT2D eigenvalue weighted by molar-refractivity contribution is 5.40. The molecule has 1 saturated carbocycles. The summed E-state index contributed by atoms with van der Waals surface area (Å²) in [5.74, 6) is 1.94. The predicted octanol–water partition coefficient (Wildman–Crippen LogP) is 4.72. The number of hydrogen-bond donors (Lipinski definition) is 1. The molecular formula is C17H29N3. The van der Waals surface area contributed by atoms with Crippen LogP contribution < -0.4 is 5.32 Å². The second-order valence-corrected chi connectivity index (χ2v) is 7.68. The fourth-order valence-electron chi connectivity index (χ4n) is 3.82. The normalized spacial score (nSPS) is 24.9. The Bertz CT molecular complexity index is 447. The monoisotopic (exact) mass is 275 g/mol. The topological polar surface area (TPSA) is 29.9 Å². The summed E-state index contributed by atoms with van der Waals surface area (Å²) in [6, 6.07) is 2.85. The summed E-state index contributed by atoms with van der Waals surface area (Å²) in [6.07, 6.45) is 9.42. The molecule has 3 rings (SSSR count). The van der Waals surface area contributed by atoms with Crippen molar-refractivity contribution in [3.8, 4) is 0 Å². The number of aromatic nitrogens is 2. The molecule has 1 unspecified atom stereocenters. The van der Waals surface area contributed by atoms with Crippen LogP contribution in [0.5, 0.6) is 0 Å². The van der Waals surface area contributed by atoms with Crippen LogP contribution in [0.1, 0.15) is 83.4 Å². The Labute approximate surface area is 123 Å². The summed E-state index contributed by atoms with van der Waals surface area (Å²) in [7, 11) is 0. The largest absolute Gasteiger partial charge is 0.370 e. The molecule has 0 aromatic carbocycles. The van der Waals surface area contributed by atoms with Crippen molar-refractivity contribution in [2.75, 3.05) is 11.9 Å². The minimum Gasteiger partial charge on any atom is -0.370 e. The first kappa shape index (κ1) is 14.0. The van der Waals surface area contributed by atoms with E-state index in [0.29, 0.717) is 12.0 Å². The Morgan fingerprint density at radius 1 is 1.10 bits per heavy atom. The van der Waals surface area contributed by atoms with E-state index in [0.717, 1.165) is 6.54 Å². The van der Waals surface area contributed by atoms with Crippen molar-refractivity contribution in [3.05, 3.63) is 11.8 Å². The Kier molecular flexibility index (Phi) is 3.78. The van der Waals surface area contributed by atoms with Crippen LogP contribution in [0.4, 0.5) is 5.82 Å². The molecule has 1 fully saturated rings. The van der Waals surface area contributed by atoms with Gasteiger partial charge in [0.2, 0.25) is 0 Å². The third-order valence-electron chi connectivity index (χ3n) is 5.05. The molecule has 1 aromatic heterocycles. The lowest BCUT2D eigenvalue weighted by atomic mass is 9.84. The third-order valence-corrected chi connectivity index (χ3v) is 5.05. The summed E-state index contributed by atoms with van der Waals surface area (Å²) in [6.45, 7) is 8.08. The molecule has 20 heavy (non-hydrogen) atoms. The number of nitrogens with one attached hydrogen (secondary N) is 1.